The lowest BCUT2D eigenvalue weighted by Crippen LogP contribution is -2.22. The molecule has 1 aromatic carbocycles. The summed E-state index contributed by atoms with van der Waals surface area (Å²) < 4.78 is 0.864. The summed E-state index contributed by atoms with van der Waals surface area (Å²) in [4.78, 5) is 4.12. The van der Waals surface area contributed by atoms with E-state index in [9.17, 15) is 5.11 Å². The fourth-order valence-electron chi connectivity index (χ4n) is 1.56. The molecule has 0 atom stereocenters. The van der Waals surface area contributed by atoms with Gasteiger partial charge in [0, 0.05) is 16.2 Å². The van der Waals surface area contributed by atoms with Gasteiger partial charge < -0.3 is 16.6 Å². The largest absolute Gasteiger partial charge is 0.506 e. The highest BCUT2D eigenvalue weighted by Gasteiger charge is 2.13. The fourth-order valence-corrected chi connectivity index (χ4v) is 1.96. The number of nitrogens with zero attached hydrogens (tertiary/aromatic N) is 3. The molecule has 1 heterocycles. The average Bonchev–Trinajstić information content (AvgIpc) is 2.41. The van der Waals surface area contributed by atoms with Crippen molar-refractivity contribution in [3.05, 3.63) is 58.3 Å². The molecule has 0 aliphatic carbocycles. The number of halogens is 1. The molecule has 0 amide bonds. The normalized spacial score (nSPS) is 11.2. The first-order chi connectivity index (χ1) is 9.58. The average molecular weight is 334 g/mol. The molecule has 0 saturated carbocycles. The summed E-state index contributed by atoms with van der Waals surface area (Å²) in [5.41, 5.74) is 12.0. The Hall–Kier alpha value is -2.41. The van der Waals surface area contributed by atoms with Gasteiger partial charge in [0.05, 0.1) is 0 Å². The summed E-state index contributed by atoms with van der Waals surface area (Å²) in [5.74, 6) is -0.176. The van der Waals surface area contributed by atoms with E-state index < -0.39 is 0 Å². The predicted molar refractivity (Wildman–Crippen MR) is 81.5 cm³/mol. The molecule has 6 nitrogen and oxygen atoms in total. The van der Waals surface area contributed by atoms with Crippen molar-refractivity contribution in [1.82, 2.24) is 4.98 Å². The molecule has 0 radical (unpaired) electrons. The van der Waals surface area contributed by atoms with Gasteiger partial charge in [-0.3, -0.25) is 4.98 Å². The second-order valence-electron chi connectivity index (χ2n) is 3.85. The zero-order chi connectivity index (χ0) is 14.5. The zero-order valence-electron chi connectivity index (χ0n) is 10.4. The van der Waals surface area contributed by atoms with Crippen LogP contribution in [0.15, 0.2) is 57.3 Å². The molecule has 0 bridgehead atoms. The van der Waals surface area contributed by atoms with E-state index in [1.807, 2.05) is 24.3 Å². The van der Waals surface area contributed by atoms with E-state index >= 15 is 0 Å². The Morgan fingerprint density at radius 3 is 2.60 bits per heavy atom. The highest BCUT2D eigenvalue weighted by atomic mass is 79.9. The van der Waals surface area contributed by atoms with Crippen LogP contribution in [-0.2, 0) is 0 Å². The Morgan fingerprint density at radius 2 is 1.95 bits per heavy atom. The van der Waals surface area contributed by atoms with Gasteiger partial charge in [0.1, 0.15) is 17.2 Å². The van der Waals surface area contributed by atoms with Crippen LogP contribution in [0.5, 0.6) is 5.75 Å². The molecule has 0 unspecified atom stereocenters. The van der Waals surface area contributed by atoms with E-state index in [4.69, 9.17) is 11.5 Å². The molecule has 102 valence electrons. The molecule has 0 fully saturated rings. The second-order valence-corrected chi connectivity index (χ2v) is 4.77. The van der Waals surface area contributed by atoms with Crippen LogP contribution in [0, 0.1) is 0 Å². The predicted octanol–water partition coefficient (Wildman–Crippen LogP) is 1.58. The number of pyridine rings is 1. The molecule has 1 aromatic heterocycles. The lowest BCUT2D eigenvalue weighted by atomic mass is 10.1. The Balaban J connectivity index is 2.60. The second kappa shape index (κ2) is 6.16. The minimum Gasteiger partial charge on any atom is -0.506 e. The first kappa shape index (κ1) is 14.0. The smallest absolute Gasteiger partial charge is 0.211 e. The van der Waals surface area contributed by atoms with E-state index in [0.717, 1.165) is 10.0 Å². The van der Waals surface area contributed by atoms with Crippen LogP contribution in [0.25, 0.3) is 0 Å². The van der Waals surface area contributed by atoms with Crippen LogP contribution in [0.2, 0.25) is 0 Å². The number of hydrogen-bond acceptors (Lipinski definition) is 4. The van der Waals surface area contributed by atoms with E-state index in [2.05, 4.69) is 31.1 Å². The highest BCUT2D eigenvalue weighted by Crippen LogP contribution is 2.20. The molecule has 0 spiro atoms. The summed E-state index contributed by atoms with van der Waals surface area (Å²) >= 11 is 3.38. The number of hydrogen-bond donors (Lipinski definition) is 3. The van der Waals surface area contributed by atoms with Gasteiger partial charge >= 0.3 is 0 Å². The number of nitrogens with two attached hydrogens (primary N) is 2. The minimum absolute atomic E-state index is 0.00276. The van der Waals surface area contributed by atoms with Crippen LogP contribution in [0.1, 0.15) is 11.3 Å². The fraction of sp³-hybridized carbons (Fsp3) is 0. The molecule has 2 aromatic rings. The SMILES string of the molecule is NC(N)=N/N=C(\c1cccc(Br)c1)c1ncccc1O. The van der Waals surface area contributed by atoms with Crippen molar-refractivity contribution in [2.75, 3.05) is 0 Å². The number of rotatable bonds is 3. The van der Waals surface area contributed by atoms with Gasteiger partial charge in [0.25, 0.3) is 0 Å². The molecule has 7 heteroatoms. The Labute approximate surface area is 124 Å². The van der Waals surface area contributed by atoms with Crippen molar-refractivity contribution in [1.29, 1.82) is 0 Å². The lowest BCUT2D eigenvalue weighted by Gasteiger charge is -2.07. The summed E-state index contributed by atoms with van der Waals surface area (Å²) in [7, 11) is 0. The van der Waals surface area contributed by atoms with Gasteiger partial charge in [-0.1, -0.05) is 28.1 Å². The highest BCUT2D eigenvalue weighted by molar-refractivity contribution is 9.10. The van der Waals surface area contributed by atoms with Gasteiger partial charge in [-0.2, -0.15) is 0 Å². The van der Waals surface area contributed by atoms with Gasteiger partial charge in [0.15, 0.2) is 0 Å². The third-order valence-corrected chi connectivity index (χ3v) is 2.87. The van der Waals surface area contributed by atoms with Crippen LogP contribution >= 0.6 is 15.9 Å². The van der Waals surface area contributed by atoms with Gasteiger partial charge in [-0.05, 0) is 24.3 Å². The third-order valence-electron chi connectivity index (χ3n) is 2.37. The zero-order valence-corrected chi connectivity index (χ0v) is 11.9. The number of aromatic nitrogens is 1. The van der Waals surface area contributed by atoms with Gasteiger partial charge in [-0.25, -0.2) is 0 Å². The Bertz CT molecular complexity index is 680. The van der Waals surface area contributed by atoms with E-state index in [0.29, 0.717) is 11.4 Å². The quantitative estimate of drug-likeness (QED) is 0.450. The van der Waals surface area contributed by atoms with Crippen molar-refractivity contribution in [2.45, 2.75) is 0 Å². The molecule has 5 N–H and O–H groups in total. The third kappa shape index (κ3) is 3.33. The summed E-state index contributed by atoms with van der Waals surface area (Å²) in [6.45, 7) is 0. The topological polar surface area (TPSA) is 110 Å². The Kier molecular flexibility index (Phi) is 4.31. The Morgan fingerprint density at radius 1 is 1.15 bits per heavy atom. The molecule has 2 rings (SSSR count). The monoisotopic (exact) mass is 333 g/mol. The van der Waals surface area contributed by atoms with Crippen LogP contribution < -0.4 is 11.5 Å². The van der Waals surface area contributed by atoms with Crippen molar-refractivity contribution < 1.29 is 5.11 Å². The van der Waals surface area contributed by atoms with Crippen molar-refractivity contribution in [3.8, 4) is 5.75 Å². The summed E-state index contributed by atoms with van der Waals surface area (Å²) in [5, 5.41) is 17.5. The van der Waals surface area contributed by atoms with Crippen molar-refractivity contribution in [2.24, 2.45) is 21.7 Å². The molecule has 0 aliphatic rings. The minimum atomic E-state index is -0.173. The maximum Gasteiger partial charge on any atom is 0.211 e. The first-order valence-corrected chi connectivity index (χ1v) is 6.44. The van der Waals surface area contributed by atoms with E-state index in [1.54, 1.807) is 12.3 Å². The van der Waals surface area contributed by atoms with Gasteiger partial charge in [-0.15, -0.1) is 10.2 Å². The number of guanidine groups is 1. The molecule has 0 saturated heterocycles. The number of benzene rings is 1. The molecule has 20 heavy (non-hydrogen) atoms. The first-order valence-electron chi connectivity index (χ1n) is 5.65. The van der Waals surface area contributed by atoms with Crippen LogP contribution in [0.3, 0.4) is 0 Å². The van der Waals surface area contributed by atoms with Crippen molar-refractivity contribution >= 4 is 27.6 Å². The number of aromatic hydroxyl groups is 1. The van der Waals surface area contributed by atoms with E-state index in [1.165, 1.54) is 6.07 Å². The molecular formula is C13H12BrN5O. The van der Waals surface area contributed by atoms with Crippen molar-refractivity contribution in [3.63, 3.8) is 0 Å². The summed E-state index contributed by atoms with van der Waals surface area (Å²) in [6, 6.07) is 10.5. The van der Waals surface area contributed by atoms with E-state index in [-0.39, 0.29) is 11.7 Å². The van der Waals surface area contributed by atoms with Crippen LogP contribution in [-0.4, -0.2) is 21.8 Å². The van der Waals surface area contributed by atoms with Crippen LogP contribution in [0.4, 0.5) is 0 Å². The summed E-state index contributed by atoms with van der Waals surface area (Å²) in [6.07, 6.45) is 1.55. The lowest BCUT2D eigenvalue weighted by molar-refractivity contribution is 0.471. The molecular weight excluding hydrogens is 322 g/mol. The molecule has 0 aliphatic heterocycles. The standard InChI is InChI=1S/C13H12BrN5O/c14-9-4-1-3-8(7-9)11(18-19-13(15)16)12-10(20)5-2-6-17-12/h1-7,20H,(H4,15,16,19)/b18-11+. The maximum absolute atomic E-state index is 9.91. The van der Waals surface area contributed by atoms with Gasteiger partial charge in [0.2, 0.25) is 5.96 Å². The maximum atomic E-state index is 9.91.